The summed E-state index contributed by atoms with van der Waals surface area (Å²) in [6, 6.07) is 13.0. The highest BCUT2D eigenvalue weighted by molar-refractivity contribution is 5.95. The van der Waals surface area contributed by atoms with Crippen LogP contribution in [0.25, 0.3) is 0 Å². The molecule has 0 aliphatic carbocycles. The van der Waals surface area contributed by atoms with E-state index in [-0.39, 0.29) is 12.5 Å². The fourth-order valence-corrected chi connectivity index (χ4v) is 2.32. The van der Waals surface area contributed by atoms with Gasteiger partial charge in [-0.3, -0.25) is 4.79 Å². The molecule has 2 rings (SSSR count). The van der Waals surface area contributed by atoms with Crippen molar-refractivity contribution in [3.63, 3.8) is 0 Å². The predicted molar refractivity (Wildman–Crippen MR) is 86.2 cm³/mol. The number of ether oxygens (including phenoxy) is 1. The van der Waals surface area contributed by atoms with Gasteiger partial charge in [-0.2, -0.15) is 0 Å². The number of methoxy groups -OCH3 is 1. The molecule has 1 amide bonds. The summed E-state index contributed by atoms with van der Waals surface area (Å²) in [5.41, 5.74) is 3.23. The zero-order valence-corrected chi connectivity index (χ0v) is 13.1. The van der Waals surface area contributed by atoms with E-state index in [1.54, 1.807) is 19.2 Å². The van der Waals surface area contributed by atoms with Crippen LogP contribution in [-0.4, -0.2) is 24.7 Å². The lowest BCUT2D eigenvalue weighted by atomic mass is 10.0. The Balaban J connectivity index is 2.06. The Hall–Kier alpha value is -2.33. The van der Waals surface area contributed by atoms with Crippen LogP contribution in [0, 0.1) is 13.8 Å². The maximum atomic E-state index is 12.3. The van der Waals surface area contributed by atoms with Gasteiger partial charge in [0.25, 0.3) is 5.91 Å². The van der Waals surface area contributed by atoms with Gasteiger partial charge in [0.05, 0.1) is 13.2 Å². The highest BCUT2D eigenvalue weighted by Crippen LogP contribution is 2.24. The first-order valence-corrected chi connectivity index (χ1v) is 7.19. The van der Waals surface area contributed by atoms with Gasteiger partial charge in [-0.05, 0) is 31.5 Å². The van der Waals surface area contributed by atoms with Crippen LogP contribution in [0.4, 0.5) is 0 Å². The van der Waals surface area contributed by atoms with Gasteiger partial charge in [0.1, 0.15) is 5.75 Å². The summed E-state index contributed by atoms with van der Waals surface area (Å²) in [6.45, 7) is 3.97. The second-order valence-electron chi connectivity index (χ2n) is 5.29. The molecular weight excluding hydrogens is 278 g/mol. The molecule has 0 aliphatic heterocycles. The van der Waals surface area contributed by atoms with E-state index >= 15 is 0 Å². The van der Waals surface area contributed by atoms with Crippen LogP contribution in [0.1, 0.15) is 33.2 Å². The Morgan fingerprint density at radius 1 is 1.23 bits per heavy atom. The van der Waals surface area contributed by atoms with Crippen molar-refractivity contribution in [2.75, 3.05) is 13.7 Å². The van der Waals surface area contributed by atoms with Crippen LogP contribution in [0.3, 0.4) is 0 Å². The molecule has 22 heavy (non-hydrogen) atoms. The lowest BCUT2D eigenvalue weighted by Crippen LogP contribution is -2.29. The van der Waals surface area contributed by atoms with Crippen molar-refractivity contribution in [1.29, 1.82) is 0 Å². The number of para-hydroxylation sites is 1. The van der Waals surface area contributed by atoms with E-state index in [2.05, 4.69) is 5.32 Å². The van der Waals surface area contributed by atoms with Crippen LogP contribution in [0.5, 0.6) is 5.75 Å². The van der Waals surface area contributed by atoms with E-state index in [0.29, 0.717) is 16.9 Å². The number of aliphatic hydroxyl groups excluding tert-OH is 1. The van der Waals surface area contributed by atoms with Crippen LogP contribution >= 0.6 is 0 Å². The summed E-state index contributed by atoms with van der Waals surface area (Å²) in [6.07, 6.45) is -0.815. The van der Waals surface area contributed by atoms with Crippen molar-refractivity contribution in [2.24, 2.45) is 0 Å². The Bertz CT molecular complexity index is 667. The van der Waals surface area contributed by atoms with Gasteiger partial charge in [0, 0.05) is 17.7 Å². The fraction of sp³-hybridized carbons (Fsp3) is 0.278. The molecule has 0 saturated heterocycles. The summed E-state index contributed by atoms with van der Waals surface area (Å²) in [4.78, 5) is 12.3. The van der Waals surface area contributed by atoms with Crippen LogP contribution in [0.2, 0.25) is 0 Å². The smallest absolute Gasteiger partial charge is 0.251 e. The number of aliphatic hydroxyl groups is 1. The van der Waals surface area contributed by atoms with Gasteiger partial charge >= 0.3 is 0 Å². The standard InChI is InChI=1S/C18H21NO3/c1-12-8-9-13(2)15(10-12)18(21)19-11-16(20)14-6-4-5-7-17(14)22-3/h4-10,16,20H,11H2,1-3H3,(H,19,21). The zero-order valence-electron chi connectivity index (χ0n) is 13.1. The summed E-state index contributed by atoms with van der Waals surface area (Å²) in [5.74, 6) is 0.422. The lowest BCUT2D eigenvalue weighted by Gasteiger charge is -2.16. The molecular formula is C18H21NO3. The molecule has 2 N–H and O–H groups in total. The average molecular weight is 299 g/mol. The van der Waals surface area contributed by atoms with E-state index in [0.717, 1.165) is 11.1 Å². The molecule has 1 unspecified atom stereocenters. The van der Waals surface area contributed by atoms with E-state index in [4.69, 9.17) is 4.74 Å². The molecule has 0 spiro atoms. The molecule has 0 radical (unpaired) electrons. The second-order valence-corrected chi connectivity index (χ2v) is 5.29. The number of carbonyl (C=O) groups is 1. The van der Waals surface area contributed by atoms with Gasteiger partial charge in [-0.25, -0.2) is 0 Å². The Morgan fingerprint density at radius 2 is 1.95 bits per heavy atom. The molecule has 0 fully saturated rings. The minimum absolute atomic E-state index is 0.132. The molecule has 0 aromatic heterocycles. The molecule has 0 heterocycles. The van der Waals surface area contributed by atoms with E-state index in [1.807, 2.05) is 44.2 Å². The number of aryl methyl sites for hydroxylation is 2. The SMILES string of the molecule is COc1ccccc1C(O)CNC(=O)c1cc(C)ccc1C. The first-order chi connectivity index (χ1) is 10.5. The van der Waals surface area contributed by atoms with E-state index in [9.17, 15) is 9.90 Å². The van der Waals surface area contributed by atoms with Crippen LogP contribution in [0.15, 0.2) is 42.5 Å². The minimum atomic E-state index is -0.815. The van der Waals surface area contributed by atoms with Crippen LogP contribution in [-0.2, 0) is 0 Å². The molecule has 4 nitrogen and oxygen atoms in total. The summed E-state index contributed by atoms with van der Waals surface area (Å²) in [7, 11) is 1.56. The molecule has 116 valence electrons. The number of rotatable bonds is 5. The second kappa shape index (κ2) is 7.09. The predicted octanol–water partition coefficient (Wildman–Crippen LogP) is 2.78. The third kappa shape index (κ3) is 3.65. The highest BCUT2D eigenvalue weighted by atomic mass is 16.5. The topological polar surface area (TPSA) is 58.6 Å². The summed E-state index contributed by atoms with van der Waals surface area (Å²) < 4.78 is 5.22. The number of amides is 1. The van der Waals surface area contributed by atoms with E-state index < -0.39 is 6.10 Å². The maximum Gasteiger partial charge on any atom is 0.251 e. The number of carbonyl (C=O) groups excluding carboxylic acids is 1. The third-order valence-corrected chi connectivity index (χ3v) is 3.59. The number of hydrogen-bond acceptors (Lipinski definition) is 3. The van der Waals surface area contributed by atoms with Gasteiger partial charge in [-0.1, -0.05) is 35.9 Å². The Kier molecular flexibility index (Phi) is 5.17. The Morgan fingerprint density at radius 3 is 2.68 bits per heavy atom. The van der Waals surface area contributed by atoms with Gasteiger partial charge in [0.15, 0.2) is 0 Å². The molecule has 0 bridgehead atoms. The monoisotopic (exact) mass is 299 g/mol. The van der Waals surface area contributed by atoms with Gasteiger partial charge in [-0.15, -0.1) is 0 Å². The van der Waals surface area contributed by atoms with Crippen molar-refractivity contribution in [1.82, 2.24) is 5.32 Å². The maximum absolute atomic E-state index is 12.3. The van der Waals surface area contributed by atoms with Crippen molar-refractivity contribution < 1.29 is 14.6 Å². The molecule has 4 heteroatoms. The third-order valence-electron chi connectivity index (χ3n) is 3.59. The molecule has 1 atom stereocenters. The van der Waals surface area contributed by atoms with Gasteiger partial charge in [0.2, 0.25) is 0 Å². The summed E-state index contributed by atoms with van der Waals surface area (Å²) in [5, 5.41) is 13.0. The first-order valence-electron chi connectivity index (χ1n) is 7.19. The van der Waals surface area contributed by atoms with Crippen molar-refractivity contribution in [3.05, 3.63) is 64.7 Å². The zero-order chi connectivity index (χ0) is 16.1. The fourth-order valence-electron chi connectivity index (χ4n) is 2.32. The molecule has 0 saturated carbocycles. The summed E-state index contributed by atoms with van der Waals surface area (Å²) >= 11 is 0. The van der Waals surface area contributed by atoms with Crippen molar-refractivity contribution >= 4 is 5.91 Å². The highest BCUT2D eigenvalue weighted by Gasteiger charge is 2.15. The number of benzene rings is 2. The Labute approximate surface area is 130 Å². The number of nitrogens with one attached hydrogen (secondary N) is 1. The molecule has 2 aromatic carbocycles. The molecule has 2 aromatic rings. The van der Waals surface area contributed by atoms with Crippen molar-refractivity contribution in [3.8, 4) is 5.75 Å². The normalized spacial score (nSPS) is 11.8. The average Bonchev–Trinajstić information content (AvgIpc) is 2.54. The first kappa shape index (κ1) is 16.0. The van der Waals surface area contributed by atoms with Crippen molar-refractivity contribution in [2.45, 2.75) is 20.0 Å². The van der Waals surface area contributed by atoms with Crippen LogP contribution < -0.4 is 10.1 Å². The quantitative estimate of drug-likeness (QED) is 0.892. The lowest BCUT2D eigenvalue weighted by molar-refractivity contribution is 0.0914. The number of hydrogen-bond donors (Lipinski definition) is 2. The molecule has 0 aliphatic rings. The van der Waals surface area contributed by atoms with E-state index in [1.165, 1.54) is 0 Å². The van der Waals surface area contributed by atoms with Gasteiger partial charge < -0.3 is 15.2 Å². The minimum Gasteiger partial charge on any atom is -0.496 e. The largest absolute Gasteiger partial charge is 0.496 e.